The van der Waals surface area contributed by atoms with Crippen molar-refractivity contribution in [2.75, 3.05) is 11.9 Å². The Hall–Kier alpha value is -2.48. The smallest absolute Gasteiger partial charge is 0.379 e. The molecule has 0 aliphatic carbocycles. The number of benzene rings is 1. The van der Waals surface area contributed by atoms with E-state index in [1.807, 2.05) is 36.6 Å². The molecule has 1 atom stereocenters. The Morgan fingerprint density at radius 1 is 1.38 bits per heavy atom. The highest BCUT2D eigenvalue weighted by Gasteiger charge is 2.39. The number of nitrogens with one attached hydrogen (secondary N) is 1. The lowest BCUT2D eigenvalue weighted by molar-refractivity contribution is -0.206. The molecule has 0 radical (unpaired) electrons. The predicted octanol–water partition coefficient (Wildman–Crippen LogP) is 3.12. The van der Waals surface area contributed by atoms with Crippen LogP contribution in [0.15, 0.2) is 30.3 Å². The summed E-state index contributed by atoms with van der Waals surface area (Å²) < 4.78 is 40.3. The van der Waals surface area contributed by atoms with Crippen molar-refractivity contribution in [3.05, 3.63) is 52.9 Å². The Bertz CT molecular complexity index is 841. The second-order valence-electron chi connectivity index (χ2n) is 6.32. The van der Waals surface area contributed by atoms with Gasteiger partial charge in [0.1, 0.15) is 5.82 Å². The van der Waals surface area contributed by atoms with Crippen molar-refractivity contribution in [2.45, 2.75) is 32.2 Å². The Labute approximate surface area is 149 Å². The van der Waals surface area contributed by atoms with E-state index in [1.165, 1.54) is 12.1 Å². The molecule has 0 fully saturated rings. The Kier molecular flexibility index (Phi) is 4.70. The summed E-state index contributed by atoms with van der Waals surface area (Å²) in [4.78, 5) is 6.21. The number of alkyl halides is 3. The molecule has 3 rings (SSSR count). The van der Waals surface area contributed by atoms with Crippen LogP contribution in [0.3, 0.4) is 0 Å². The van der Waals surface area contributed by atoms with Crippen LogP contribution in [-0.4, -0.2) is 27.9 Å². The maximum absolute atomic E-state index is 12.8. The van der Waals surface area contributed by atoms with Crippen LogP contribution in [0, 0.1) is 0 Å². The average Bonchev–Trinajstić information content (AvgIpc) is 2.99. The van der Waals surface area contributed by atoms with Crippen molar-refractivity contribution in [1.82, 2.24) is 14.9 Å². The van der Waals surface area contributed by atoms with Gasteiger partial charge in [0, 0.05) is 25.9 Å². The molecule has 1 aliphatic rings. The maximum Gasteiger partial charge on any atom is 0.418 e. The van der Waals surface area contributed by atoms with Gasteiger partial charge in [-0.2, -0.15) is 13.2 Å². The third kappa shape index (κ3) is 3.29. The minimum Gasteiger partial charge on any atom is -0.379 e. The number of fused-ring (bicyclic) bond motifs is 1. The zero-order valence-corrected chi connectivity index (χ0v) is 14.8. The van der Waals surface area contributed by atoms with E-state index in [-0.39, 0.29) is 5.56 Å². The SMILES string of the molecule is CCc1cc(C(O)C(F)(F)F)ccc1N(C)C1=Cc2c(ncn2C)CN1. The number of hydrogen-bond acceptors (Lipinski definition) is 4. The monoisotopic (exact) mass is 366 g/mol. The molecule has 0 bridgehead atoms. The minimum atomic E-state index is -4.68. The molecule has 140 valence electrons. The number of aryl methyl sites for hydroxylation is 2. The minimum absolute atomic E-state index is 0.147. The molecule has 2 aromatic rings. The van der Waals surface area contributed by atoms with E-state index < -0.39 is 12.3 Å². The Balaban J connectivity index is 1.94. The number of halogens is 3. The first kappa shape index (κ1) is 18.3. The molecule has 1 aliphatic heterocycles. The van der Waals surface area contributed by atoms with E-state index in [0.717, 1.165) is 28.5 Å². The molecule has 0 amide bonds. The molecule has 1 unspecified atom stereocenters. The molecule has 1 aromatic heterocycles. The van der Waals surface area contributed by atoms with Gasteiger partial charge < -0.3 is 19.9 Å². The second-order valence-corrected chi connectivity index (χ2v) is 6.32. The highest BCUT2D eigenvalue weighted by Crippen LogP contribution is 2.35. The number of imidazole rings is 1. The summed E-state index contributed by atoms with van der Waals surface area (Å²) in [7, 11) is 3.77. The van der Waals surface area contributed by atoms with Gasteiger partial charge in [0.15, 0.2) is 6.10 Å². The van der Waals surface area contributed by atoms with Crippen LogP contribution in [0.5, 0.6) is 0 Å². The van der Waals surface area contributed by atoms with E-state index in [0.29, 0.717) is 13.0 Å². The highest BCUT2D eigenvalue weighted by atomic mass is 19.4. The second kappa shape index (κ2) is 6.68. The zero-order valence-electron chi connectivity index (χ0n) is 14.8. The Morgan fingerprint density at radius 3 is 2.77 bits per heavy atom. The summed E-state index contributed by atoms with van der Waals surface area (Å²) in [5.74, 6) is 0.833. The molecule has 2 heterocycles. The van der Waals surface area contributed by atoms with Crippen LogP contribution in [0.1, 0.15) is 35.5 Å². The van der Waals surface area contributed by atoms with Crippen molar-refractivity contribution < 1.29 is 18.3 Å². The van der Waals surface area contributed by atoms with Gasteiger partial charge in [-0.05, 0) is 23.6 Å². The third-order valence-electron chi connectivity index (χ3n) is 4.61. The molecule has 8 heteroatoms. The van der Waals surface area contributed by atoms with E-state index in [2.05, 4.69) is 10.3 Å². The van der Waals surface area contributed by atoms with Crippen molar-refractivity contribution in [2.24, 2.45) is 7.05 Å². The van der Waals surface area contributed by atoms with Gasteiger partial charge in [0.25, 0.3) is 0 Å². The fourth-order valence-electron chi connectivity index (χ4n) is 3.08. The normalized spacial score (nSPS) is 15.1. The zero-order chi connectivity index (χ0) is 19.1. The first-order valence-corrected chi connectivity index (χ1v) is 8.29. The first-order chi connectivity index (χ1) is 12.2. The largest absolute Gasteiger partial charge is 0.418 e. The number of hydrogen-bond donors (Lipinski definition) is 2. The number of anilines is 1. The lowest BCUT2D eigenvalue weighted by Gasteiger charge is -2.29. The van der Waals surface area contributed by atoms with Gasteiger partial charge in [-0.25, -0.2) is 4.98 Å². The number of nitrogens with zero attached hydrogens (tertiary/aromatic N) is 3. The lowest BCUT2D eigenvalue weighted by Crippen LogP contribution is -2.31. The van der Waals surface area contributed by atoms with Crippen molar-refractivity contribution in [1.29, 1.82) is 0 Å². The van der Waals surface area contributed by atoms with Crippen LogP contribution in [-0.2, 0) is 20.0 Å². The molecular formula is C18H21F3N4O. The van der Waals surface area contributed by atoms with E-state index >= 15 is 0 Å². The summed E-state index contributed by atoms with van der Waals surface area (Å²) in [5.41, 5.74) is 3.31. The van der Waals surface area contributed by atoms with Gasteiger partial charge in [-0.15, -0.1) is 0 Å². The quantitative estimate of drug-likeness (QED) is 0.873. The standard InChI is InChI=1S/C18H21F3N4O/c1-4-11-7-12(17(26)18(19,20)21)5-6-14(11)25(3)16-8-15-13(9-22-16)23-10-24(15)2/h5-8,10,17,22,26H,4,9H2,1-3H3. The molecule has 1 aromatic carbocycles. The van der Waals surface area contributed by atoms with E-state index in [9.17, 15) is 18.3 Å². The van der Waals surface area contributed by atoms with Gasteiger partial charge in [0.2, 0.25) is 0 Å². The van der Waals surface area contributed by atoms with E-state index in [4.69, 9.17) is 0 Å². The molecule has 0 saturated carbocycles. The van der Waals surface area contributed by atoms with Gasteiger partial charge in [-0.1, -0.05) is 19.1 Å². The summed E-state index contributed by atoms with van der Waals surface area (Å²) in [6, 6.07) is 4.36. The topological polar surface area (TPSA) is 53.3 Å². The maximum atomic E-state index is 12.8. The van der Waals surface area contributed by atoms with Crippen LogP contribution in [0.25, 0.3) is 6.08 Å². The molecule has 0 saturated heterocycles. The lowest BCUT2D eigenvalue weighted by atomic mass is 10.0. The Morgan fingerprint density at radius 2 is 2.12 bits per heavy atom. The van der Waals surface area contributed by atoms with Crippen molar-refractivity contribution in [3.8, 4) is 0 Å². The summed E-state index contributed by atoms with van der Waals surface area (Å²) >= 11 is 0. The predicted molar refractivity (Wildman–Crippen MR) is 93.3 cm³/mol. The van der Waals surface area contributed by atoms with Crippen LogP contribution < -0.4 is 10.2 Å². The molecule has 26 heavy (non-hydrogen) atoms. The first-order valence-electron chi connectivity index (χ1n) is 8.29. The number of rotatable bonds is 4. The van der Waals surface area contributed by atoms with Gasteiger partial charge in [-0.3, -0.25) is 0 Å². The van der Waals surface area contributed by atoms with E-state index in [1.54, 1.807) is 12.4 Å². The molecular weight excluding hydrogens is 345 g/mol. The average molecular weight is 366 g/mol. The molecule has 5 nitrogen and oxygen atoms in total. The molecule has 2 N–H and O–H groups in total. The highest BCUT2D eigenvalue weighted by molar-refractivity contribution is 5.65. The molecule has 0 spiro atoms. The van der Waals surface area contributed by atoms with Gasteiger partial charge in [0.05, 0.1) is 24.3 Å². The number of aliphatic hydroxyl groups excluding tert-OH is 1. The summed E-state index contributed by atoms with van der Waals surface area (Å²) in [6.07, 6.45) is -2.90. The third-order valence-corrected chi connectivity index (χ3v) is 4.61. The van der Waals surface area contributed by atoms with Crippen LogP contribution in [0.4, 0.5) is 18.9 Å². The van der Waals surface area contributed by atoms with Crippen LogP contribution >= 0.6 is 0 Å². The van der Waals surface area contributed by atoms with Crippen molar-refractivity contribution in [3.63, 3.8) is 0 Å². The van der Waals surface area contributed by atoms with Crippen LogP contribution in [0.2, 0.25) is 0 Å². The fourth-order valence-corrected chi connectivity index (χ4v) is 3.08. The van der Waals surface area contributed by atoms with Crippen molar-refractivity contribution >= 4 is 11.8 Å². The summed E-state index contributed by atoms with van der Waals surface area (Å²) in [6.45, 7) is 2.46. The number of aromatic nitrogens is 2. The number of aliphatic hydroxyl groups is 1. The van der Waals surface area contributed by atoms with Gasteiger partial charge >= 0.3 is 6.18 Å². The fraction of sp³-hybridized carbons (Fsp3) is 0.389. The summed E-state index contributed by atoms with van der Waals surface area (Å²) in [5, 5.41) is 12.8.